The molecule has 3 heterocycles. The van der Waals surface area contributed by atoms with Crippen molar-refractivity contribution in [2.45, 2.75) is 26.5 Å². The van der Waals surface area contributed by atoms with Crippen molar-refractivity contribution in [1.29, 1.82) is 0 Å². The lowest BCUT2D eigenvalue weighted by molar-refractivity contribution is -0.146. The molecule has 7 nitrogen and oxygen atoms in total. The Morgan fingerprint density at radius 2 is 1.96 bits per heavy atom. The van der Waals surface area contributed by atoms with Gasteiger partial charge in [-0.15, -0.1) is 0 Å². The van der Waals surface area contributed by atoms with Gasteiger partial charge in [0.1, 0.15) is 5.82 Å². The van der Waals surface area contributed by atoms with Crippen LogP contribution in [0.25, 0.3) is 0 Å². The Hall–Kier alpha value is -2.54. The first kappa shape index (κ1) is 17.3. The zero-order chi connectivity index (χ0) is 17.6. The van der Waals surface area contributed by atoms with E-state index in [0.717, 1.165) is 44.2 Å². The number of carbonyl (C=O) groups is 1. The molecule has 132 valence electrons. The number of piperazine rings is 1. The third-order valence-electron chi connectivity index (χ3n) is 4.17. The van der Waals surface area contributed by atoms with Crippen LogP contribution in [0.5, 0.6) is 0 Å². The van der Waals surface area contributed by atoms with Crippen LogP contribution < -0.4 is 4.90 Å². The Morgan fingerprint density at radius 3 is 2.64 bits per heavy atom. The zero-order valence-corrected chi connectivity index (χ0v) is 14.6. The van der Waals surface area contributed by atoms with E-state index in [1.165, 1.54) is 6.92 Å². The van der Waals surface area contributed by atoms with Crippen molar-refractivity contribution >= 4 is 11.8 Å². The number of carbonyl (C=O) groups excluding carboxylic acids is 1. The first-order valence-corrected chi connectivity index (χ1v) is 8.49. The minimum absolute atomic E-state index is 0.329. The minimum Gasteiger partial charge on any atom is -0.455 e. The molecule has 0 aliphatic carbocycles. The predicted molar refractivity (Wildman–Crippen MR) is 93.9 cm³/mol. The number of esters is 1. The lowest BCUT2D eigenvalue weighted by Gasteiger charge is -2.35. The second-order valence-electron chi connectivity index (χ2n) is 6.11. The largest absolute Gasteiger partial charge is 0.455 e. The highest BCUT2D eigenvalue weighted by atomic mass is 16.5. The summed E-state index contributed by atoms with van der Waals surface area (Å²) in [7, 11) is 0. The van der Waals surface area contributed by atoms with Crippen molar-refractivity contribution < 1.29 is 9.53 Å². The molecule has 0 spiro atoms. The number of rotatable bonds is 5. The zero-order valence-electron chi connectivity index (χ0n) is 14.6. The van der Waals surface area contributed by atoms with Crippen LogP contribution in [0.3, 0.4) is 0 Å². The quantitative estimate of drug-likeness (QED) is 0.768. The molecule has 2 aromatic rings. The Kier molecular flexibility index (Phi) is 5.55. The molecule has 0 radical (unpaired) electrons. The highest BCUT2D eigenvalue weighted by Gasteiger charge is 2.20. The molecule has 2 aromatic heterocycles. The van der Waals surface area contributed by atoms with Gasteiger partial charge in [-0.1, -0.05) is 6.07 Å². The topological polar surface area (TPSA) is 71.5 Å². The van der Waals surface area contributed by atoms with Gasteiger partial charge in [0.25, 0.3) is 0 Å². The molecular formula is C18H23N5O2. The van der Waals surface area contributed by atoms with E-state index in [9.17, 15) is 4.79 Å². The summed E-state index contributed by atoms with van der Waals surface area (Å²) >= 11 is 0. The molecular weight excluding hydrogens is 318 g/mol. The second-order valence-corrected chi connectivity index (χ2v) is 6.11. The first-order chi connectivity index (χ1) is 12.1. The lowest BCUT2D eigenvalue weighted by atomic mass is 10.2. The maximum Gasteiger partial charge on any atom is 0.303 e. The maximum absolute atomic E-state index is 11.1. The highest BCUT2D eigenvalue weighted by molar-refractivity contribution is 5.66. The molecule has 0 saturated carbocycles. The molecule has 0 bridgehead atoms. The average Bonchev–Trinajstić information content (AvgIpc) is 2.63. The summed E-state index contributed by atoms with van der Waals surface area (Å²) in [6.45, 7) is 7.74. The van der Waals surface area contributed by atoms with Gasteiger partial charge in [0.15, 0.2) is 11.9 Å². The molecule has 1 fully saturated rings. The third kappa shape index (κ3) is 4.73. The summed E-state index contributed by atoms with van der Waals surface area (Å²) in [5, 5.41) is 0. The van der Waals surface area contributed by atoms with Crippen molar-refractivity contribution in [3.8, 4) is 0 Å². The smallest absolute Gasteiger partial charge is 0.303 e. The number of ether oxygens (including phenoxy) is 1. The van der Waals surface area contributed by atoms with Crippen LogP contribution in [0, 0.1) is 0 Å². The van der Waals surface area contributed by atoms with Crippen LogP contribution in [0.4, 0.5) is 5.82 Å². The monoisotopic (exact) mass is 341 g/mol. The Morgan fingerprint density at radius 1 is 1.16 bits per heavy atom. The van der Waals surface area contributed by atoms with E-state index in [2.05, 4.69) is 30.8 Å². The molecule has 1 saturated heterocycles. The van der Waals surface area contributed by atoms with E-state index in [0.29, 0.717) is 5.82 Å². The first-order valence-electron chi connectivity index (χ1n) is 8.49. The second kappa shape index (κ2) is 8.02. The van der Waals surface area contributed by atoms with Crippen LogP contribution in [0.1, 0.15) is 31.5 Å². The molecule has 0 aromatic carbocycles. The fourth-order valence-electron chi connectivity index (χ4n) is 2.89. The molecule has 25 heavy (non-hydrogen) atoms. The van der Waals surface area contributed by atoms with Gasteiger partial charge in [-0.2, -0.15) is 0 Å². The number of hydrogen-bond acceptors (Lipinski definition) is 7. The average molecular weight is 341 g/mol. The molecule has 1 aliphatic rings. The van der Waals surface area contributed by atoms with E-state index in [4.69, 9.17) is 4.74 Å². The fraction of sp³-hybridized carbons (Fsp3) is 0.444. The van der Waals surface area contributed by atoms with E-state index >= 15 is 0 Å². The maximum atomic E-state index is 11.1. The Labute approximate surface area is 147 Å². The standard InChI is InChI=1S/C18H23N5O2/c1-14(25-15(2)24)18-20-8-6-17(21-18)23-11-9-22(10-12-23)13-16-5-3-4-7-19-16/h3-8,14H,9-13H2,1-2H3. The molecule has 1 unspecified atom stereocenters. The number of nitrogens with zero attached hydrogens (tertiary/aromatic N) is 5. The van der Waals surface area contributed by atoms with E-state index < -0.39 is 6.10 Å². The minimum atomic E-state index is -0.442. The van der Waals surface area contributed by atoms with Crippen molar-refractivity contribution in [1.82, 2.24) is 19.9 Å². The summed E-state index contributed by atoms with van der Waals surface area (Å²) in [4.78, 5) is 28.9. The normalized spacial score (nSPS) is 16.5. The molecule has 1 aliphatic heterocycles. The van der Waals surface area contributed by atoms with Crippen molar-refractivity contribution in [2.24, 2.45) is 0 Å². The van der Waals surface area contributed by atoms with Crippen LogP contribution in [-0.4, -0.2) is 52.0 Å². The number of anilines is 1. The summed E-state index contributed by atoms with van der Waals surface area (Å²) in [5.41, 5.74) is 1.09. The molecule has 0 N–H and O–H groups in total. The van der Waals surface area contributed by atoms with Crippen LogP contribution >= 0.6 is 0 Å². The number of pyridine rings is 1. The highest BCUT2D eigenvalue weighted by Crippen LogP contribution is 2.18. The lowest BCUT2D eigenvalue weighted by Crippen LogP contribution is -2.46. The number of hydrogen-bond donors (Lipinski definition) is 0. The van der Waals surface area contributed by atoms with Gasteiger partial charge >= 0.3 is 5.97 Å². The van der Waals surface area contributed by atoms with E-state index in [1.54, 1.807) is 13.1 Å². The van der Waals surface area contributed by atoms with Gasteiger partial charge in [-0.3, -0.25) is 14.7 Å². The molecule has 3 rings (SSSR count). The van der Waals surface area contributed by atoms with Crippen LogP contribution in [0.15, 0.2) is 36.7 Å². The number of aromatic nitrogens is 3. The van der Waals surface area contributed by atoms with Gasteiger partial charge in [0.2, 0.25) is 0 Å². The van der Waals surface area contributed by atoms with Gasteiger partial charge in [0, 0.05) is 52.0 Å². The fourth-order valence-corrected chi connectivity index (χ4v) is 2.89. The van der Waals surface area contributed by atoms with E-state index in [1.807, 2.05) is 24.4 Å². The summed E-state index contributed by atoms with van der Waals surface area (Å²) < 4.78 is 5.16. The SMILES string of the molecule is CC(=O)OC(C)c1nccc(N2CCN(Cc3ccccn3)CC2)n1. The summed E-state index contributed by atoms with van der Waals surface area (Å²) in [6.07, 6.45) is 3.11. The van der Waals surface area contributed by atoms with Crippen molar-refractivity contribution in [3.05, 3.63) is 48.2 Å². The van der Waals surface area contributed by atoms with Crippen molar-refractivity contribution in [2.75, 3.05) is 31.1 Å². The summed E-state index contributed by atoms with van der Waals surface area (Å²) in [5.74, 6) is 1.08. The third-order valence-corrected chi connectivity index (χ3v) is 4.17. The summed E-state index contributed by atoms with van der Waals surface area (Å²) in [6, 6.07) is 7.91. The van der Waals surface area contributed by atoms with Gasteiger partial charge in [0.05, 0.1) is 5.69 Å². The van der Waals surface area contributed by atoms with Crippen molar-refractivity contribution in [3.63, 3.8) is 0 Å². The van der Waals surface area contributed by atoms with Gasteiger partial charge in [-0.25, -0.2) is 9.97 Å². The Balaban J connectivity index is 1.58. The van der Waals surface area contributed by atoms with Gasteiger partial charge in [-0.05, 0) is 25.1 Å². The molecule has 7 heteroatoms. The molecule has 0 amide bonds. The molecule has 1 atom stereocenters. The Bertz CT molecular complexity index is 702. The van der Waals surface area contributed by atoms with Gasteiger partial charge < -0.3 is 9.64 Å². The van der Waals surface area contributed by atoms with E-state index in [-0.39, 0.29) is 5.97 Å². The predicted octanol–water partition coefficient (Wildman–Crippen LogP) is 1.82. The van der Waals surface area contributed by atoms with Crippen LogP contribution in [0.2, 0.25) is 0 Å². The van der Waals surface area contributed by atoms with Crippen LogP contribution in [-0.2, 0) is 16.1 Å².